The molecule has 6 heteroatoms. The highest BCUT2D eigenvalue weighted by atomic mass is 19.2. The third-order valence-electron chi connectivity index (χ3n) is 0.906. The number of rotatable bonds is 0. The van der Waals surface area contributed by atoms with Crippen molar-refractivity contribution in [3.05, 3.63) is 11.8 Å². The van der Waals surface area contributed by atoms with Gasteiger partial charge in [-0.1, -0.05) is 0 Å². The first-order valence-electron chi connectivity index (χ1n) is 2.35. The summed E-state index contributed by atoms with van der Waals surface area (Å²) in [4.78, 5) is 0. The number of allylic oxidation sites excluding steroid dienone is 1. The number of halogens is 2. The Morgan fingerprint density at radius 1 is 1.70 bits per heavy atom. The van der Waals surface area contributed by atoms with E-state index in [-0.39, 0.29) is 0 Å². The fourth-order valence-corrected chi connectivity index (χ4v) is 0.425. The molecular formula is C4H4F2N2O2. The molecule has 0 bridgehead atoms. The second-order valence-electron chi connectivity index (χ2n) is 1.70. The van der Waals surface area contributed by atoms with Crippen LogP contribution in [0.1, 0.15) is 0 Å². The Balaban J connectivity index is 2.88. The summed E-state index contributed by atoms with van der Waals surface area (Å²) in [6, 6.07) is 0. The molecule has 10 heavy (non-hydrogen) atoms. The number of hydrazone groups is 1. The summed E-state index contributed by atoms with van der Waals surface area (Å²) >= 11 is 0. The molecule has 1 atom stereocenters. The minimum absolute atomic E-state index is 0.372. The van der Waals surface area contributed by atoms with Gasteiger partial charge in [-0.15, -0.1) is 5.10 Å². The van der Waals surface area contributed by atoms with E-state index in [4.69, 9.17) is 10.2 Å². The number of nitrogens with zero attached hydrogens (tertiary/aromatic N) is 1. The summed E-state index contributed by atoms with van der Waals surface area (Å²) in [5.41, 5.74) is 1.34. The van der Waals surface area contributed by atoms with Gasteiger partial charge in [0.05, 0.1) is 0 Å². The molecule has 3 N–H and O–H groups in total. The fourth-order valence-electron chi connectivity index (χ4n) is 0.425. The van der Waals surface area contributed by atoms with Crippen LogP contribution in [0.3, 0.4) is 0 Å². The molecule has 0 radical (unpaired) electrons. The molecule has 1 rings (SSSR count). The zero-order chi connectivity index (χ0) is 7.78. The first-order valence-corrected chi connectivity index (χ1v) is 2.35. The molecule has 1 aliphatic rings. The van der Waals surface area contributed by atoms with Crippen LogP contribution in [-0.2, 0) is 0 Å². The molecule has 1 heterocycles. The first-order chi connectivity index (χ1) is 4.52. The standard InChI is InChI=1S/C4H4F2N2O2/c5-3-1-2(9)4(6,10)8-7-3/h1,8-10H. The van der Waals surface area contributed by atoms with Gasteiger partial charge in [-0.2, -0.15) is 8.78 Å². The first kappa shape index (κ1) is 6.94. The summed E-state index contributed by atoms with van der Waals surface area (Å²) in [6.07, 6.45) is 0.372. The van der Waals surface area contributed by atoms with Crippen LogP contribution in [0.5, 0.6) is 0 Å². The van der Waals surface area contributed by atoms with E-state index in [1.54, 1.807) is 0 Å². The van der Waals surface area contributed by atoms with Gasteiger partial charge < -0.3 is 10.2 Å². The van der Waals surface area contributed by atoms with Crippen molar-refractivity contribution in [3.63, 3.8) is 0 Å². The van der Waals surface area contributed by atoms with Crippen molar-refractivity contribution in [3.8, 4) is 0 Å². The molecule has 56 valence electrons. The molecule has 1 unspecified atom stereocenters. The second kappa shape index (κ2) is 1.91. The highest BCUT2D eigenvalue weighted by Gasteiger charge is 2.34. The lowest BCUT2D eigenvalue weighted by atomic mass is 10.3. The van der Waals surface area contributed by atoms with E-state index in [1.807, 2.05) is 0 Å². The lowest BCUT2D eigenvalue weighted by molar-refractivity contribution is -0.111. The second-order valence-corrected chi connectivity index (χ2v) is 1.70. The van der Waals surface area contributed by atoms with Crippen molar-refractivity contribution in [2.75, 3.05) is 0 Å². The summed E-state index contributed by atoms with van der Waals surface area (Å²) in [6.45, 7) is 0. The molecule has 4 nitrogen and oxygen atoms in total. The summed E-state index contributed by atoms with van der Waals surface area (Å²) in [7, 11) is 0. The Labute approximate surface area is 54.5 Å². The van der Waals surface area contributed by atoms with Crippen molar-refractivity contribution >= 4 is 5.97 Å². The summed E-state index contributed by atoms with van der Waals surface area (Å²) in [5.74, 6) is -5.39. The van der Waals surface area contributed by atoms with Gasteiger partial charge in [-0.3, -0.25) is 0 Å². The zero-order valence-corrected chi connectivity index (χ0v) is 4.67. The maximum absolute atomic E-state index is 12.3. The van der Waals surface area contributed by atoms with Crippen LogP contribution >= 0.6 is 0 Å². The molecule has 0 aromatic rings. The molecule has 0 saturated carbocycles. The van der Waals surface area contributed by atoms with Crippen LogP contribution in [-0.4, -0.2) is 22.2 Å². The SMILES string of the molecule is OC1=CC(F)=NNC1(O)F. The van der Waals surface area contributed by atoms with Crippen LogP contribution in [0.15, 0.2) is 16.9 Å². The van der Waals surface area contributed by atoms with Gasteiger partial charge in [0.25, 0.3) is 0 Å². The van der Waals surface area contributed by atoms with E-state index < -0.39 is 17.7 Å². The van der Waals surface area contributed by atoms with Gasteiger partial charge in [0.2, 0.25) is 5.97 Å². The van der Waals surface area contributed by atoms with E-state index >= 15 is 0 Å². The highest BCUT2D eigenvalue weighted by Crippen LogP contribution is 2.15. The predicted octanol–water partition coefficient (Wildman–Crippen LogP) is -0.0699. The zero-order valence-electron chi connectivity index (χ0n) is 4.67. The van der Waals surface area contributed by atoms with Crippen LogP contribution < -0.4 is 5.43 Å². The van der Waals surface area contributed by atoms with Crippen molar-refractivity contribution < 1.29 is 19.0 Å². The molecule has 0 aromatic heterocycles. The van der Waals surface area contributed by atoms with Gasteiger partial charge in [-0.25, -0.2) is 5.43 Å². The number of aliphatic hydroxyl groups excluding tert-OH is 1. The van der Waals surface area contributed by atoms with Crippen molar-refractivity contribution in [2.45, 2.75) is 5.98 Å². The Kier molecular flexibility index (Phi) is 1.33. The van der Waals surface area contributed by atoms with Crippen molar-refractivity contribution in [2.24, 2.45) is 5.10 Å². The van der Waals surface area contributed by atoms with Crippen molar-refractivity contribution in [1.82, 2.24) is 5.43 Å². The number of aliphatic hydroxyl groups is 2. The molecule has 0 saturated heterocycles. The van der Waals surface area contributed by atoms with Gasteiger partial charge in [0.1, 0.15) is 0 Å². The molecule has 1 aliphatic heterocycles. The Bertz CT molecular complexity index is 211. The third kappa shape index (κ3) is 1.06. The molecule has 0 amide bonds. The Morgan fingerprint density at radius 2 is 2.30 bits per heavy atom. The number of hydrogen-bond acceptors (Lipinski definition) is 4. The number of hydrogen-bond donors (Lipinski definition) is 3. The van der Waals surface area contributed by atoms with E-state index in [2.05, 4.69) is 5.10 Å². The van der Waals surface area contributed by atoms with Crippen LogP contribution in [0.2, 0.25) is 0 Å². The topological polar surface area (TPSA) is 64.9 Å². The summed E-state index contributed by atoms with van der Waals surface area (Å²) in [5, 5.41) is 19.5. The highest BCUT2D eigenvalue weighted by molar-refractivity contribution is 5.87. The largest absolute Gasteiger partial charge is 0.505 e. The third-order valence-corrected chi connectivity index (χ3v) is 0.906. The van der Waals surface area contributed by atoms with Gasteiger partial charge in [-0.05, 0) is 0 Å². The Hall–Kier alpha value is -1.17. The minimum atomic E-state index is -3.14. The molecule has 0 spiro atoms. The molecular weight excluding hydrogens is 146 g/mol. The lowest BCUT2D eigenvalue weighted by Gasteiger charge is -2.19. The lowest BCUT2D eigenvalue weighted by Crippen LogP contribution is -2.42. The van der Waals surface area contributed by atoms with E-state index in [9.17, 15) is 8.78 Å². The van der Waals surface area contributed by atoms with Crippen LogP contribution in [0, 0.1) is 0 Å². The van der Waals surface area contributed by atoms with E-state index in [0.717, 1.165) is 0 Å². The molecule has 0 fully saturated rings. The van der Waals surface area contributed by atoms with Crippen LogP contribution in [0.25, 0.3) is 0 Å². The van der Waals surface area contributed by atoms with E-state index in [0.29, 0.717) is 6.08 Å². The number of alkyl halides is 1. The smallest absolute Gasteiger partial charge is 0.359 e. The predicted molar refractivity (Wildman–Crippen MR) is 28.4 cm³/mol. The number of nitrogens with one attached hydrogen (secondary N) is 1. The fraction of sp³-hybridized carbons (Fsp3) is 0.250. The molecule has 0 aliphatic carbocycles. The quantitative estimate of drug-likeness (QED) is 0.423. The van der Waals surface area contributed by atoms with Gasteiger partial charge >= 0.3 is 5.98 Å². The van der Waals surface area contributed by atoms with Crippen molar-refractivity contribution in [1.29, 1.82) is 0 Å². The average molecular weight is 150 g/mol. The monoisotopic (exact) mass is 150 g/mol. The summed E-state index contributed by atoms with van der Waals surface area (Å²) < 4.78 is 24.2. The van der Waals surface area contributed by atoms with Gasteiger partial charge in [0, 0.05) is 6.08 Å². The van der Waals surface area contributed by atoms with Gasteiger partial charge in [0.15, 0.2) is 5.76 Å². The minimum Gasteiger partial charge on any atom is -0.505 e. The Morgan fingerprint density at radius 3 is 2.70 bits per heavy atom. The molecule has 0 aromatic carbocycles. The van der Waals surface area contributed by atoms with E-state index in [1.165, 1.54) is 5.43 Å². The maximum atomic E-state index is 12.3. The normalized spacial score (nSPS) is 32.3. The average Bonchev–Trinajstić information content (AvgIpc) is 1.81. The maximum Gasteiger partial charge on any atom is 0.359 e. The van der Waals surface area contributed by atoms with Crippen LogP contribution in [0.4, 0.5) is 8.78 Å².